The summed E-state index contributed by atoms with van der Waals surface area (Å²) in [7, 11) is 2.91. The zero-order valence-corrected chi connectivity index (χ0v) is 24.7. The van der Waals surface area contributed by atoms with Crippen LogP contribution in [-0.2, 0) is 0 Å². The van der Waals surface area contributed by atoms with Gasteiger partial charge in [0.25, 0.3) is 11.8 Å². The molecule has 11 heteroatoms. The minimum absolute atomic E-state index is 0.134. The fraction of sp³-hybridized carbons (Fsp3) is 0.500. The first-order valence-corrected chi connectivity index (χ1v) is 13.7. The van der Waals surface area contributed by atoms with Gasteiger partial charge in [0, 0.05) is 55.1 Å². The third-order valence-corrected chi connectivity index (χ3v) is 7.21. The SMILES string of the molecule is CCN(CC)CCNC(=O)c1cc(-c2c(Cl)c(N)cc(OC)c2C(=O)NCCN(CC)CC)c(N)cc1OC. The Hall–Kier alpha value is -3.21. The maximum absolute atomic E-state index is 13.5. The number of benzene rings is 2. The number of hydrogen-bond donors (Lipinski definition) is 4. The molecule has 0 unspecified atom stereocenters. The summed E-state index contributed by atoms with van der Waals surface area (Å²) in [6, 6.07) is 4.63. The second-order valence-corrected chi connectivity index (χ2v) is 9.32. The molecule has 39 heavy (non-hydrogen) atoms. The number of rotatable bonds is 15. The van der Waals surface area contributed by atoms with E-state index < -0.39 is 5.91 Å². The number of carbonyl (C=O) groups is 2. The quantitative estimate of drug-likeness (QED) is 0.243. The molecule has 0 heterocycles. The van der Waals surface area contributed by atoms with Crippen LogP contribution in [0.25, 0.3) is 11.1 Å². The van der Waals surface area contributed by atoms with E-state index in [0.29, 0.717) is 37.5 Å². The fourth-order valence-corrected chi connectivity index (χ4v) is 4.62. The largest absolute Gasteiger partial charge is 0.496 e. The van der Waals surface area contributed by atoms with E-state index in [1.54, 1.807) is 12.1 Å². The van der Waals surface area contributed by atoms with Crippen LogP contribution >= 0.6 is 11.6 Å². The van der Waals surface area contributed by atoms with Crippen LogP contribution in [0.3, 0.4) is 0 Å². The third-order valence-electron chi connectivity index (χ3n) is 6.80. The number of hydrogen-bond acceptors (Lipinski definition) is 8. The van der Waals surface area contributed by atoms with Crippen molar-refractivity contribution in [2.24, 2.45) is 0 Å². The number of nitrogens with two attached hydrogens (primary N) is 2. The van der Waals surface area contributed by atoms with E-state index in [-0.39, 0.29) is 44.7 Å². The highest BCUT2D eigenvalue weighted by Gasteiger charge is 2.27. The highest BCUT2D eigenvalue weighted by Crippen LogP contribution is 2.44. The topological polar surface area (TPSA) is 135 Å². The number of likely N-dealkylation sites (N-methyl/N-ethyl adjacent to an activating group) is 2. The fourth-order valence-electron chi connectivity index (χ4n) is 4.37. The molecule has 0 spiro atoms. The second-order valence-electron chi connectivity index (χ2n) is 8.94. The molecule has 6 N–H and O–H groups in total. The highest BCUT2D eigenvalue weighted by molar-refractivity contribution is 6.37. The first-order chi connectivity index (χ1) is 18.7. The van der Waals surface area contributed by atoms with Gasteiger partial charge in [-0.15, -0.1) is 0 Å². The average Bonchev–Trinajstić information content (AvgIpc) is 2.94. The molecule has 2 aromatic carbocycles. The van der Waals surface area contributed by atoms with Gasteiger partial charge < -0.3 is 41.4 Å². The Morgan fingerprint density at radius 1 is 0.795 bits per heavy atom. The molecule has 0 aliphatic carbocycles. The summed E-state index contributed by atoms with van der Waals surface area (Å²) in [5.41, 5.74) is 14.2. The Morgan fingerprint density at radius 3 is 1.77 bits per heavy atom. The predicted octanol–water partition coefficient (Wildman–Crippen LogP) is 3.33. The molecule has 0 aliphatic heterocycles. The van der Waals surface area contributed by atoms with Gasteiger partial charge in [-0.2, -0.15) is 0 Å². The lowest BCUT2D eigenvalue weighted by Gasteiger charge is -2.21. The molecule has 0 radical (unpaired) electrons. The number of ether oxygens (including phenoxy) is 2. The van der Waals surface area contributed by atoms with E-state index in [9.17, 15) is 9.59 Å². The van der Waals surface area contributed by atoms with Gasteiger partial charge in [0.2, 0.25) is 0 Å². The summed E-state index contributed by atoms with van der Waals surface area (Å²) in [4.78, 5) is 31.1. The maximum Gasteiger partial charge on any atom is 0.255 e. The van der Waals surface area contributed by atoms with Crippen molar-refractivity contribution in [1.82, 2.24) is 20.4 Å². The van der Waals surface area contributed by atoms with Crippen molar-refractivity contribution in [3.05, 3.63) is 34.3 Å². The minimum Gasteiger partial charge on any atom is -0.496 e. The van der Waals surface area contributed by atoms with Gasteiger partial charge in [0.15, 0.2) is 0 Å². The van der Waals surface area contributed by atoms with Gasteiger partial charge in [0.05, 0.1) is 36.1 Å². The van der Waals surface area contributed by atoms with Crippen LogP contribution in [0.5, 0.6) is 11.5 Å². The van der Waals surface area contributed by atoms with E-state index >= 15 is 0 Å². The van der Waals surface area contributed by atoms with Crippen LogP contribution in [0.15, 0.2) is 18.2 Å². The highest BCUT2D eigenvalue weighted by atomic mass is 35.5. The van der Waals surface area contributed by atoms with Crippen LogP contribution < -0.4 is 31.6 Å². The number of nitrogen functional groups attached to an aromatic ring is 2. The molecule has 0 bridgehead atoms. The van der Waals surface area contributed by atoms with Crippen LogP contribution in [0, 0.1) is 0 Å². The summed E-state index contributed by atoms with van der Waals surface area (Å²) in [6.07, 6.45) is 0. The normalized spacial score (nSPS) is 11.1. The summed E-state index contributed by atoms with van der Waals surface area (Å²) in [5, 5.41) is 6.02. The summed E-state index contributed by atoms with van der Waals surface area (Å²) in [6.45, 7) is 14.1. The summed E-state index contributed by atoms with van der Waals surface area (Å²) >= 11 is 6.70. The van der Waals surface area contributed by atoms with E-state index in [0.717, 1.165) is 26.2 Å². The Balaban J connectivity index is 2.56. The summed E-state index contributed by atoms with van der Waals surface area (Å²) in [5.74, 6) is -0.185. The van der Waals surface area contributed by atoms with E-state index in [1.165, 1.54) is 20.3 Å². The molecule has 10 nitrogen and oxygen atoms in total. The Morgan fingerprint density at radius 2 is 1.28 bits per heavy atom. The standard InChI is InChI=1S/C28H43ClN6O4/c1-7-34(8-2)13-11-32-27(36)19-15-18(20(30)16-22(19)38-5)24-25(23(39-6)17-21(31)26(24)29)28(37)33-12-14-35(9-3)10-4/h15-17H,7-14,30-31H2,1-6H3,(H,32,36)(H,33,37). The van der Waals surface area contributed by atoms with Gasteiger partial charge in [-0.25, -0.2) is 0 Å². The molecule has 216 valence electrons. The Bertz CT molecular complexity index is 1140. The molecule has 0 atom stereocenters. The number of nitrogens with one attached hydrogen (secondary N) is 2. The number of amides is 2. The number of carbonyl (C=O) groups excluding carboxylic acids is 2. The average molecular weight is 563 g/mol. The first-order valence-electron chi connectivity index (χ1n) is 13.3. The molecule has 2 rings (SSSR count). The zero-order valence-electron chi connectivity index (χ0n) is 23.9. The molecule has 2 aromatic rings. The van der Waals surface area contributed by atoms with Gasteiger partial charge >= 0.3 is 0 Å². The molecular formula is C28H43ClN6O4. The molecule has 0 fully saturated rings. The van der Waals surface area contributed by atoms with E-state index in [2.05, 4.69) is 48.1 Å². The lowest BCUT2D eigenvalue weighted by atomic mass is 9.93. The van der Waals surface area contributed by atoms with Crippen LogP contribution in [0.1, 0.15) is 48.4 Å². The van der Waals surface area contributed by atoms with Gasteiger partial charge in [0.1, 0.15) is 11.5 Å². The van der Waals surface area contributed by atoms with Crippen molar-refractivity contribution in [2.75, 3.05) is 78.0 Å². The lowest BCUT2D eigenvalue weighted by molar-refractivity contribution is 0.0938. The zero-order chi connectivity index (χ0) is 29.1. The van der Waals surface area contributed by atoms with Crippen LogP contribution in [0.2, 0.25) is 5.02 Å². The first kappa shape index (κ1) is 32.0. The molecule has 0 saturated carbocycles. The van der Waals surface area contributed by atoms with Gasteiger partial charge in [-0.1, -0.05) is 39.3 Å². The Labute approximate surface area is 236 Å². The van der Waals surface area contributed by atoms with E-state index in [4.69, 9.17) is 32.5 Å². The number of anilines is 2. The number of methoxy groups -OCH3 is 2. The van der Waals surface area contributed by atoms with Crippen molar-refractivity contribution in [3.8, 4) is 22.6 Å². The third kappa shape index (κ3) is 7.90. The lowest BCUT2D eigenvalue weighted by Crippen LogP contribution is -2.35. The van der Waals surface area contributed by atoms with Crippen molar-refractivity contribution < 1.29 is 19.1 Å². The number of halogens is 1. The summed E-state index contributed by atoms with van der Waals surface area (Å²) < 4.78 is 11.0. The van der Waals surface area contributed by atoms with Crippen molar-refractivity contribution in [3.63, 3.8) is 0 Å². The molecule has 0 aromatic heterocycles. The second kappa shape index (κ2) is 15.4. The number of nitrogens with zero attached hydrogens (tertiary/aromatic N) is 2. The smallest absolute Gasteiger partial charge is 0.255 e. The van der Waals surface area contributed by atoms with Gasteiger partial charge in [-0.05, 0) is 32.2 Å². The van der Waals surface area contributed by atoms with Gasteiger partial charge in [-0.3, -0.25) is 9.59 Å². The van der Waals surface area contributed by atoms with Crippen molar-refractivity contribution in [1.29, 1.82) is 0 Å². The molecule has 0 aliphatic rings. The predicted molar refractivity (Wildman–Crippen MR) is 159 cm³/mol. The van der Waals surface area contributed by atoms with E-state index in [1.807, 2.05) is 0 Å². The molecule has 0 saturated heterocycles. The Kier molecular flexibility index (Phi) is 12.6. The van der Waals surface area contributed by atoms with Crippen LogP contribution in [-0.4, -0.2) is 88.2 Å². The van der Waals surface area contributed by atoms with Crippen LogP contribution in [0.4, 0.5) is 11.4 Å². The monoisotopic (exact) mass is 562 g/mol. The van der Waals surface area contributed by atoms with Crippen molar-refractivity contribution >= 4 is 34.8 Å². The minimum atomic E-state index is -0.392. The molecular weight excluding hydrogens is 520 g/mol. The van der Waals surface area contributed by atoms with Crippen molar-refractivity contribution in [2.45, 2.75) is 27.7 Å². The maximum atomic E-state index is 13.5. The molecule has 2 amide bonds.